The summed E-state index contributed by atoms with van der Waals surface area (Å²) < 4.78 is 2.08. The molecule has 1 N–H and O–H groups in total. The van der Waals surface area contributed by atoms with E-state index in [2.05, 4.69) is 30.9 Å². The number of pyridine rings is 1. The average Bonchev–Trinajstić information content (AvgIpc) is 3.11. The molecule has 6 heteroatoms. The maximum absolute atomic E-state index is 12.7. The largest absolute Gasteiger partial charge is 0.325 e. The summed E-state index contributed by atoms with van der Waals surface area (Å²) in [5, 5.41) is 11.8. The van der Waals surface area contributed by atoms with Crippen LogP contribution in [0.5, 0.6) is 0 Å². The number of aromatic nitrogens is 3. The van der Waals surface area contributed by atoms with Gasteiger partial charge in [-0.1, -0.05) is 12.1 Å². The summed E-state index contributed by atoms with van der Waals surface area (Å²) in [5.74, 6) is 1.46. The van der Waals surface area contributed by atoms with Crippen molar-refractivity contribution in [1.29, 1.82) is 0 Å². The van der Waals surface area contributed by atoms with E-state index < -0.39 is 0 Å². The number of fused-ring (bicyclic) bond motifs is 1. The molecule has 1 saturated heterocycles. The zero-order valence-electron chi connectivity index (χ0n) is 16.7. The van der Waals surface area contributed by atoms with Gasteiger partial charge in [0.25, 0.3) is 0 Å². The summed E-state index contributed by atoms with van der Waals surface area (Å²) in [6, 6.07) is 11.9. The predicted molar refractivity (Wildman–Crippen MR) is 111 cm³/mol. The highest BCUT2D eigenvalue weighted by Crippen LogP contribution is 2.28. The van der Waals surface area contributed by atoms with Crippen LogP contribution in [-0.2, 0) is 4.79 Å². The number of nitrogens with one attached hydrogen (secondary N) is 1. The number of carbonyl (C=O) groups excluding carboxylic acids is 1. The van der Waals surface area contributed by atoms with E-state index in [4.69, 9.17) is 0 Å². The third kappa shape index (κ3) is 3.78. The number of amides is 1. The van der Waals surface area contributed by atoms with Crippen LogP contribution in [0.15, 0.2) is 42.6 Å². The van der Waals surface area contributed by atoms with Gasteiger partial charge in [-0.05, 0) is 82.1 Å². The standard InChI is InChI=1S/C22H27N5O/c1-15-12-16(2)14-19(13-15)23-22(28)17(3)26-10-7-18(8-11-26)21-25-24-20-6-4-5-9-27(20)21/h4-6,9,12-14,17-18H,7-8,10-11H2,1-3H3,(H,23,28). The van der Waals surface area contributed by atoms with Crippen LogP contribution in [0.2, 0.25) is 0 Å². The molecule has 146 valence electrons. The van der Waals surface area contributed by atoms with Gasteiger partial charge in [0, 0.05) is 17.8 Å². The summed E-state index contributed by atoms with van der Waals surface area (Å²) in [5.41, 5.74) is 4.08. The van der Waals surface area contributed by atoms with Gasteiger partial charge >= 0.3 is 0 Å². The fraction of sp³-hybridized carbons (Fsp3) is 0.409. The number of nitrogens with zero attached hydrogens (tertiary/aromatic N) is 4. The van der Waals surface area contributed by atoms with Gasteiger partial charge in [0.05, 0.1) is 6.04 Å². The molecule has 4 rings (SSSR count). The van der Waals surface area contributed by atoms with E-state index in [1.54, 1.807) is 0 Å². The minimum Gasteiger partial charge on any atom is -0.325 e. The van der Waals surface area contributed by atoms with Gasteiger partial charge in [-0.15, -0.1) is 10.2 Å². The molecule has 3 aromatic rings. The Morgan fingerprint density at radius 2 is 1.82 bits per heavy atom. The molecular weight excluding hydrogens is 350 g/mol. The van der Waals surface area contributed by atoms with Crippen molar-refractivity contribution in [1.82, 2.24) is 19.5 Å². The van der Waals surface area contributed by atoms with Crippen LogP contribution in [0.3, 0.4) is 0 Å². The minimum atomic E-state index is -0.156. The van der Waals surface area contributed by atoms with Gasteiger partial charge < -0.3 is 5.32 Å². The molecule has 1 amide bonds. The Hall–Kier alpha value is -2.73. The monoisotopic (exact) mass is 377 g/mol. The normalized spacial score (nSPS) is 17.0. The Labute approximate surface area is 165 Å². The number of benzene rings is 1. The fourth-order valence-corrected chi connectivity index (χ4v) is 4.14. The van der Waals surface area contributed by atoms with Crippen molar-refractivity contribution in [2.24, 2.45) is 0 Å². The first kappa shape index (κ1) is 18.6. The fourth-order valence-electron chi connectivity index (χ4n) is 4.14. The lowest BCUT2D eigenvalue weighted by atomic mass is 9.95. The van der Waals surface area contributed by atoms with Crippen LogP contribution >= 0.6 is 0 Å². The summed E-state index contributed by atoms with van der Waals surface area (Å²) in [6.07, 6.45) is 3.99. The van der Waals surface area contributed by atoms with E-state index in [1.807, 2.05) is 57.3 Å². The molecule has 3 heterocycles. The molecule has 0 bridgehead atoms. The van der Waals surface area contributed by atoms with Crippen molar-refractivity contribution in [2.75, 3.05) is 18.4 Å². The third-order valence-electron chi connectivity index (χ3n) is 5.65. The minimum absolute atomic E-state index is 0.0522. The number of likely N-dealkylation sites (tertiary alicyclic amines) is 1. The van der Waals surface area contributed by atoms with Gasteiger partial charge in [0.2, 0.25) is 5.91 Å². The van der Waals surface area contributed by atoms with Crippen LogP contribution in [0, 0.1) is 13.8 Å². The van der Waals surface area contributed by atoms with Crippen molar-refractivity contribution in [3.05, 3.63) is 59.5 Å². The van der Waals surface area contributed by atoms with Crippen LogP contribution in [0.1, 0.15) is 42.6 Å². The zero-order chi connectivity index (χ0) is 19.7. The van der Waals surface area contributed by atoms with Crippen molar-refractivity contribution in [2.45, 2.75) is 45.6 Å². The molecule has 1 fully saturated rings. The molecule has 28 heavy (non-hydrogen) atoms. The van der Waals surface area contributed by atoms with Crippen molar-refractivity contribution in [3.8, 4) is 0 Å². The number of aryl methyl sites for hydroxylation is 2. The maximum atomic E-state index is 12.7. The lowest BCUT2D eigenvalue weighted by Crippen LogP contribution is -2.45. The summed E-state index contributed by atoms with van der Waals surface area (Å²) >= 11 is 0. The number of hydrogen-bond acceptors (Lipinski definition) is 4. The molecule has 1 unspecified atom stereocenters. The van der Waals surface area contributed by atoms with E-state index in [-0.39, 0.29) is 11.9 Å². The van der Waals surface area contributed by atoms with E-state index in [0.717, 1.165) is 54.2 Å². The summed E-state index contributed by atoms with van der Waals surface area (Å²) in [7, 11) is 0. The Balaban J connectivity index is 1.38. The first-order valence-corrected chi connectivity index (χ1v) is 9.94. The highest BCUT2D eigenvalue weighted by molar-refractivity contribution is 5.94. The van der Waals surface area contributed by atoms with E-state index in [9.17, 15) is 4.79 Å². The number of anilines is 1. The Morgan fingerprint density at radius 3 is 2.54 bits per heavy atom. The van der Waals surface area contributed by atoms with Gasteiger partial charge in [0.15, 0.2) is 5.65 Å². The first-order chi connectivity index (χ1) is 13.5. The number of hydrogen-bond donors (Lipinski definition) is 1. The first-order valence-electron chi connectivity index (χ1n) is 9.94. The van der Waals surface area contributed by atoms with E-state index in [0.29, 0.717) is 5.92 Å². The quantitative estimate of drug-likeness (QED) is 0.755. The molecule has 1 aliphatic heterocycles. The highest BCUT2D eigenvalue weighted by atomic mass is 16.2. The zero-order valence-corrected chi connectivity index (χ0v) is 16.7. The smallest absolute Gasteiger partial charge is 0.241 e. The average molecular weight is 377 g/mol. The van der Waals surface area contributed by atoms with Gasteiger partial charge in [-0.2, -0.15) is 0 Å². The van der Waals surface area contributed by atoms with Gasteiger partial charge in [0.1, 0.15) is 5.82 Å². The second-order valence-corrected chi connectivity index (χ2v) is 7.84. The molecule has 2 aromatic heterocycles. The Kier molecular flexibility index (Phi) is 5.13. The van der Waals surface area contributed by atoms with E-state index in [1.165, 1.54) is 0 Å². The van der Waals surface area contributed by atoms with Crippen LogP contribution < -0.4 is 5.32 Å². The molecule has 1 aromatic carbocycles. The van der Waals surface area contributed by atoms with Gasteiger partial charge in [-0.3, -0.25) is 14.1 Å². The van der Waals surface area contributed by atoms with Crippen LogP contribution in [0.4, 0.5) is 5.69 Å². The molecule has 0 radical (unpaired) electrons. The lowest BCUT2D eigenvalue weighted by Gasteiger charge is -2.34. The number of piperidine rings is 1. The molecule has 0 aliphatic carbocycles. The molecule has 1 aliphatic rings. The number of carbonyl (C=O) groups is 1. The molecule has 0 saturated carbocycles. The maximum Gasteiger partial charge on any atom is 0.241 e. The van der Waals surface area contributed by atoms with Gasteiger partial charge in [-0.25, -0.2) is 0 Å². The van der Waals surface area contributed by atoms with Crippen LogP contribution in [-0.4, -0.2) is 44.5 Å². The third-order valence-corrected chi connectivity index (χ3v) is 5.65. The molecule has 0 spiro atoms. The highest BCUT2D eigenvalue weighted by Gasteiger charge is 2.29. The Bertz CT molecular complexity index is 967. The second-order valence-electron chi connectivity index (χ2n) is 7.84. The van der Waals surface area contributed by atoms with Crippen LogP contribution in [0.25, 0.3) is 5.65 Å². The van der Waals surface area contributed by atoms with E-state index >= 15 is 0 Å². The molecule has 1 atom stereocenters. The predicted octanol–water partition coefficient (Wildman–Crippen LogP) is 3.55. The molecule has 6 nitrogen and oxygen atoms in total. The Morgan fingerprint density at radius 1 is 1.11 bits per heavy atom. The second kappa shape index (κ2) is 7.72. The number of rotatable bonds is 4. The van der Waals surface area contributed by atoms with Crippen molar-refractivity contribution in [3.63, 3.8) is 0 Å². The topological polar surface area (TPSA) is 62.5 Å². The lowest BCUT2D eigenvalue weighted by molar-refractivity contribution is -0.121. The van der Waals surface area contributed by atoms with Crippen molar-refractivity contribution < 1.29 is 4.79 Å². The van der Waals surface area contributed by atoms with Crippen molar-refractivity contribution >= 4 is 17.2 Å². The summed E-state index contributed by atoms with van der Waals surface area (Å²) in [4.78, 5) is 15.0. The summed E-state index contributed by atoms with van der Waals surface area (Å²) in [6.45, 7) is 7.85. The molecular formula is C22H27N5O. The SMILES string of the molecule is Cc1cc(C)cc(NC(=O)C(C)N2CCC(c3nnc4ccccn34)CC2)c1.